The van der Waals surface area contributed by atoms with Crippen LogP contribution in [0.5, 0.6) is 0 Å². The molecule has 0 bridgehead atoms. The quantitative estimate of drug-likeness (QED) is 0.0552. The molecule has 0 N–H and O–H groups in total. The van der Waals surface area contributed by atoms with Crippen molar-refractivity contribution in [1.29, 1.82) is 0 Å². The minimum absolute atomic E-state index is 0.0512. The molecule has 0 spiro atoms. The Balaban J connectivity index is 1.43. The first kappa shape index (κ1) is 38.7. The molecule has 5 heterocycles. The van der Waals surface area contributed by atoms with Crippen LogP contribution in [0.4, 0.5) is 0 Å². The Bertz CT molecular complexity index is 1550. The van der Waals surface area contributed by atoms with Crippen molar-refractivity contribution in [2.75, 3.05) is 6.54 Å². The van der Waals surface area contributed by atoms with Gasteiger partial charge in [0.2, 0.25) is 0 Å². The second-order valence-corrected chi connectivity index (χ2v) is 22.8. The van der Waals surface area contributed by atoms with Crippen molar-refractivity contribution in [3.05, 3.63) is 33.0 Å². The first-order valence-electron chi connectivity index (χ1n) is 20.1. The summed E-state index contributed by atoms with van der Waals surface area (Å²) in [6.07, 6.45) is 22.9. The summed E-state index contributed by atoms with van der Waals surface area (Å²) in [4.78, 5) is 37.1. The number of rotatable bonds is 23. The molecular weight excluding hydrogens is 675 g/mol. The first-order valence-corrected chi connectivity index (χ1v) is 24.9. The summed E-state index contributed by atoms with van der Waals surface area (Å²) in [7, 11) is -2.00. The number of unbranched alkanes of at least 4 members (excludes halogenated alkanes) is 13. The number of thiophene rings is 3. The monoisotopic (exact) mass is 737 g/mol. The summed E-state index contributed by atoms with van der Waals surface area (Å²) >= 11 is 5.61. The molecule has 3 nitrogen and oxygen atoms in total. The lowest BCUT2D eigenvalue weighted by molar-refractivity contribution is 0.0651. The molecular formula is C42H63NO2S3Si. The maximum Gasteiger partial charge on any atom is 0.263 e. The van der Waals surface area contributed by atoms with Gasteiger partial charge in [0, 0.05) is 30.9 Å². The van der Waals surface area contributed by atoms with Gasteiger partial charge in [-0.1, -0.05) is 137 Å². The van der Waals surface area contributed by atoms with Crippen LogP contribution in [0.25, 0.3) is 19.5 Å². The molecule has 0 radical (unpaired) electrons. The van der Waals surface area contributed by atoms with E-state index in [9.17, 15) is 9.59 Å². The van der Waals surface area contributed by atoms with E-state index < -0.39 is 8.07 Å². The minimum atomic E-state index is -2.00. The number of aryl methyl sites for hydroxylation is 2. The molecule has 0 aromatic carbocycles. The van der Waals surface area contributed by atoms with Crippen molar-refractivity contribution in [3.8, 4) is 19.5 Å². The van der Waals surface area contributed by atoms with Gasteiger partial charge in [0.25, 0.3) is 11.8 Å². The number of imide groups is 1. The summed E-state index contributed by atoms with van der Waals surface area (Å²) in [5.74, 6) is 0.660. The zero-order valence-electron chi connectivity index (χ0n) is 31.6. The van der Waals surface area contributed by atoms with E-state index in [-0.39, 0.29) is 11.8 Å². The standard InChI is InChI=1S/C42H63NO2S3Si/c1-7-11-14-16-18-19-20-22-25-43-41(44)36-31(6)47-38(37(36)42(43)45)33-28-35-40(48-33)39-34(27-30(5)46-39)49(35,26-23-21-17-15-12-8-2)29-32(10-4)24-13-9-3/h27-28,32H,7-26,29H2,1-6H3. The van der Waals surface area contributed by atoms with Crippen LogP contribution in [0.3, 0.4) is 0 Å². The number of amides is 2. The molecule has 0 aliphatic carbocycles. The highest BCUT2D eigenvalue weighted by Gasteiger charge is 2.49. The highest BCUT2D eigenvalue weighted by molar-refractivity contribution is 7.32. The fourth-order valence-corrected chi connectivity index (χ4v) is 19.7. The Hall–Kier alpha value is -1.54. The highest BCUT2D eigenvalue weighted by atomic mass is 32.1. The summed E-state index contributed by atoms with van der Waals surface area (Å²) in [5.41, 5.74) is 1.39. The van der Waals surface area contributed by atoms with Crippen LogP contribution in [0.1, 0.15) is 174 Å². The van der Waals surface area contributed by atoms with Crippen molar-refractivity contribution in [2.24, 2.45) is 5.92 Å². The predicted octanol–water partition coefficient (Wildman–Crippen LogP) is 13.0. The molecule has 2 unspecified atom stereocenters. The minimum Gasteiger partial charge on any atom is -0.274 e. The van der Waals surface area contributed by atoms with Crippen molar-refractivity contribution >= 4 is 64.3 Å². The molecule has 0 saturated heterocycles. The van der Waals surface area contributed by atoms with Crippen molar-refractivity contribution in [2.45, 2.75) is 169 Å². The zero-order valence-corrected chi connectivity index (χ0v) is 35.0. The number of nitrogens with zero attached hydrogens (tertiary/aromatic N) is 1. The van der Waals surface area contributed by atoms with Crippen molar-refractivity contribution in [1.82, 2.24) is 4.90 Å². The van der Waals surface area contributed by atoms with E-state index in [4.69, 9.17) is 0 Å². The molecule has 270 valence electrons. The van der Waals surface area contributed by atoms with E-state index in [1.54, 1.807) is 26.6 Å². The fourth-order valence-electron chi connectivity index (χ4n) is 8.59. The molecule has 0 saturated carbocycles. The molecule has 2 amide bonds. The molecule has 2 atom stereocenters. The second-order valence-electron chi connectivity index (χ2n) is 15.1. The van der Waals surface area contributed by atoms with Crippen molar-refractivity contribution < 1.29 is 9.59 Å². The molecule has 0 fully saturated rings. The number of hydrogen-bond acceptors (Lipinski definition) is 5. The molecule has 3 aromatic rings. The molecule has 3 aromatic heterocycles. The molecule has 7 heteroatoms. The Morgan fingerprint density at radius 2 is 1.20 bits per heavy atom. The van der Waals surface area contributed by atoms with Crippen LogP contribution in [-0.4, -0.2) is 31.3 Å². The predicted molar refractivity (Wildman–Crippen MR) is 220 cm³/mol. The van der Waals surface area contributed by atoms with Gasteiger partial charge < -0.3 is 0 Å². The van der Waals surface area contributed by atoms with Crippen LogP contribution in [0.15, 0.2) is 12.1 Å². The van der Waals surface area contributed by atoms with E-state index in [0.29, 0.717) is 17.7 Å². The Kier molecular flexibility index (Phi) is 14.4. The van der Waals surface area contributed by atoms with Crippen LogP contribution in [0.2, 0.25) is 12.1 Å². The van der Waals surface area contributed by atoms with Crippen LogP contribution < -0.4 is 10.4 Å². The summed E-state index contributed by atoms with van der Waals surface area (Å²) in [5, 5.41) is 3.38. The van der Waals surface area contributed by atoms with E-state index in [1.807, 2.05) is 22.7 Å². The van der Waals surface area contributed by atoms with Crippen LogP contribution in [0, 0.1) is 19.8 Å². The van der Waals surface area contributed by atoms with Gasteiger partial charge in [0.15, 0.2) is 0 Å². The average Bonchev–Trinajstić information content (AvgIpc) is 3.88. The Morgan fingerprint density at radius 3 is 1.86 bits per heavy atom. The Morgan fingerprint density at radius 1 is 0.633 bits per heavy atom. The van der Waals surface area contributed by atoms with Gasteiger partial charge in [-0.25, -0.2) is 0 Å². The molecule has 49 heavy (non-hydrogen) atoms. The van der Waals surface area contributed by atoms with Crippen LogP contribution >= 0.6 is 34.0 Å². The van der Waals surface area contributed by atoms with Gasteiger partial charge in [-0.3, -0.25) is 14.5 Å². The third-order valence-electron chi connectivity index (χ3n) is 11.4. The maximum absolute atomic E-state index is 14.0. The summed E-state index contributed by atoms with van der Waals surface area (Å²) < 4.78 is 0. The molecule has 2 aliphatic rings. The van der Waals surface area contributed by atoms with Crippen molar-refractivity contribution in [3.63, 3.8) is 0 Å². The van der Waals surface area contributed by atoms with E-state index in [1.165, 1.54) is 134 Å². The zero-order chi connectivity index (χ0) is 35.0. The lowest BCUT2D eigenvalue weighted by Crippen LogP contribution is -2.55. The van der Waals surface area contributed by atoms with E-state index in [0.717, 1.165) is 28.5 Å². The Labute approximate surface area is 311 Å². The second kappa shape index (κ2) is 18.3. The first-order chi connectivity index (χ1) is 23.8. The number of carbonyl (C=O) groups excluding carboxylic acids is 2. The average molecular weight is 738 g/mol. The summed E-state index contributed by atoms with van der Waals surface area (Å²) in [6.45, 7) is 14.2. The lowest BCUT2D eigenvalue weighted by Gasteiger charge is -2.33. The largest absolute Gasteiger partial charge is 0.274 e. The smallest absolute Gasteiger partial charge is 0.263 e. The van der Waals surface area contributed by atoms with Gasteiger partial charge >= 0.3 is 0 Å². The van der Waals surface area contributed by atoms with Gasteiger partial charge in [-0.2, -0.15) is 0 Å². The van der Waals surface area contributed by atoms with Gasteiger partial charge in [-0.05, 0) is 60.8 Å². The lowest BCUT2D eigenvalue weighted by atomic mass is 10.0. The summed E-state index contributed by atoms with van der Waals surface area (Å²) in [6, 6.07) is 7.83. The third-order valence-corrected chi connectivity index (χ3v) is 20.8. The number of carbonyl (C=O) groups is 2. The molecule has 2 aliphatic heterocycles. The number of hydrogen-bond donors (Lipinski definition) is 0. The third kappa shape index (κ3) is 8.41. The maximum atomic E-state index is 14.0. The van der Waals surface area contributed by atoms with Gasteiger partial charge in [-0.15, -0.1) is 34.0 Å². The van der Waals surface area contributed by atoms with Gasteiger partial charge in [0.1, 0.15) is 8.07 Å². The van der Waals surface area contributed by atoms with E-state index >= 15 is 0 Å². The van der Waals surface area contributed by atoms with Crippen LogP contribution in [-0.2, 0) is 0 Å². The topological polar surface area (TPSA) is 37.4 Å². The van der Waals surface area contributed by atoms with Gasteiger partial charge in [0.05, 0.1) is 16.0 Å². The fraction of sp³-hybridized carbons (Fsp3) is 0.667. The molecule has 5 rings (SSSR count). The van der Waals surface area contributed by atoms with E-state index in [2.05, 4.69) is 53.7 Å². The number of fused-ring (bicyclic) bond motifs is 4. The SMILES string of the molecule is CCCCCCCCCCN1C(=O)c2c(C)sc(-c3cc4c(s3)-c3sc(C)cc3[Si]4(CCCCCCCC)CC(CC)CCCC)c2C1=O. The normalized spacial score (nSPS) is 17.3. The highest BCUT2D eigenvalue weighted by Crippen LogP contribution is 2.49.